The second-order valence-corrected chi connectivity index (χ2v) is 6.14. The topological polar surface area (TPSA) is 29.1 Å². The maximum Gasteiger partial charge on any atom is 0.188 e. The third-order valence-electron chi connectivity index (χ3n) is 2.81. The van der Waals surface area contributed by atoms with Gasteiger partial charge in [0.25, 0.3) is 0 Å². The van der Waals surface area contributed by atoms with E-state index in [0.717, 1.165) is 16.5 Å². The van der Waals surface area contributed by atoms with Crippen LogP contribution in [-0.2, 0) is 0 Å². The summed E-state index contributed by atoms with van der Waals surface area (Å²) in [5.41, 5.74) is 1.26. The van der Waals surface area contributed by atoms with Crippen LogP contribution in [0.4, 0.5) is 10.1 Å². The summed E-state index contributed by atoms with van der Waals surface area (Å²) in [6.07, 6.45) is 1.50. The molecule has 2 aromatic rings. The minimum absolute atomic E-state index is 0.0556. The number of thioether (sulfide) groups is 1. The summed E-state index contributed by atoms with van der Waals surface area (Å²) >= 11 is 7.24. The number of allylic oxidation sites excluding steroid dienone is 1. The molecule has 22 heavy (non-hydrogen) atoms. The predicted molar refractivity (Wildman–Crippen MR) is 92.0 cm³/mol. The van der Waals surface area contributed by atoms with Crippen LogP contribution in [0.5, 0.6) is 0 Å². The second kappa shape index (κ2) is 8.01. The molecule has 2 aromatic carbocycles. The zero-order chi connectivity index (χ0) is 15.9. The minimum atomic E-state index is -0.534. The maximum atomic E-state index is 13.2. The minimum Gasteiger partial charge on any atom is -0.350 e. The first-order chi connectivity index (χ1) is 10.6. The number of ketones is 1. The van der Waals surface area contributed by atoms with E-state index >= 15 is 0 Å². The highest BCUT2D eigenvalue weighted by Crippen LogP contribution is 2.21. The first kappa shape index (κ1) is 16.6. The summed E-state index contributed by atoms with van der Waals surface area (Å²) in [4.78, 5) is 12.3. The molecule has 0 spiro atoms. The summed E-state index contributed by atoms with van der Waals surface area (Å²) in [7, 11) is 0. The predicted octanol–water partition coefficient (Wildman–Crippen LogP) is 5.37. The Labute approximate surface area is 138 Å². The molecule has 0 unspecified atom stereocenters. The van der Waals surface area contributed by atoms with E-state index in [2.05, 4.69) is 5.32 Å². The van der Waals surface area contributed by atoms with E-state index in [1.54, 1.807) is 0 Å². The Bertz CT molecular complexity index is 688. The summed E-state index contributed by atoms with van der Waals surface area (Å²) < 4.78 is 13.2. The van der Waals surface area contributed by atoms with Crippen molar-refractivity contribution in [3.63, 3.8) is 0 Å². The van der Waals surface area contributed by atoms with Gasteiger partial charge < -0.3 is 5.32 Å². The molecule has 0 saturated carbocycles. The molecule has 1 N–H and O–H groups in total. The number of hydrogen-bond acceptors (Lipinski definition) is 3. The van der Waals surface area contributed by atoms with E-state index in [1.165, 1.54) is 36.0 Å². The molecular weight excluding hydrogens is 321 g/mol. The Kier molecular flexibility index (Phi) is 6.04. The molecule has 0 aliphatic heterocycles. The van der Waals surface area contributed by atoms with E-state index in [-0.39, 0.29) is 10.8 Å². The van der Waals surface area contributed by atoms with Crippen LogP contribution in [0, 0.1) is 5.82 Å². The number of anilines is 1. The van der Waals surface area contributed by atoms with Gasteiger partial charge in [-0.2, -0.15) is 0 Å². The van der Waals surface area contributed by atoms with Crippen molar-refractivity contribution in [2.45, 2.75) is 6.92 Å². The van der Waals surface area contributed by atoms with Gasteiger partial charge in [0.2, 0.25) is 0 Å². The van der Waals surface area contributed by atoms with Crippen molar-refractivity contribution < 1.29 is 9.18 Å². The molecule has 114 valence electrons. The van der Waals surface area contributed by atoms with Gasteiger partial charge in [-0.3, -0.25) is 4.79 Å². The van der Waals surface area contributed by atoms with Gasteiger partial charge in [-0.05, 0) is 36.1 Å². The first-order valence-corrected chi connectivity index (χ1v) is 8.12. The molecule has 2 rings (SSSR count). The van der Waals surface area contributed by atoms with Crippen molar-refractivity contribution in [1.29, 1.82) is 0 Å². The van der Waals surface area contributed by atoms with Crippen molar-refractivity contribution >= 4 is 34.8 Å². The number of para-hydroxylation sites is 1. The molecule has 0 amide bonds. The van der Waals surface area contributed by atoms with E-state index in [9.17, 15) is 9.18 Å². The number of nitrogens with one attached hydrogen (secondary N) is 1. The van der Waals surface area contributed by atoms with Gasteiger partial charge >= 0.3 is 0 Å². The average Bonchev–Trinajstić information content (AvgIpc) is 2.51. The Hall–Kier alpha value is -1.78. The van der Waals surface area contributed by atoms with Crippen LogP contribution in [0.3, 0.4) is 0 Å². The lowest BCUT2D eigenvalue weighted by molar-refractivity contribution is 0.104. The fourth-order valence-corrected chi connectivity index (χ4v) is 2.66. The highest BCUT2D eigenvalue weighted by atomic mass is 35.5. The van der Waals surface area contributed by atoms with Crippen LogP contribution in [0.1, 0.15) is 17.3 Å². The van der Waals surface area contributed by atoms with E-state index in [0.29, 0.717) is 5.56 Å². The number of halogens is 2. The highest BCUT2D eigenvalue weighted by Gasteiger charge is 2.09. The monoisotopic (exact) mass is 335 g/mol. The van der Waals surface area contributed by atoms with Crippen molar-refractivity contribution in [2.75, 3.05) is 11.1 Å². The van der Waals surface area contributed by atoms with Crippen molar-refractivity contribution in [2.24, 2.45) is 0 Å². The molecule has 0 bridgehead atoms. The number of carbonyl (C=O) groups excluding carboxylic acids is 1. The molecule has 0 heterocycles. The van der Waals surface area contributed by atoms with Crippen molar-refractivity contribution in [3.05, 3.63) is 76.0 Å². The van der Waals surface area contributed by atoms with Gasteiger partial charge in [0.1, 0.15) is 5.82 Å². The summed E-state index contributed by atoms with van der Waals surface area (Å²) in [6, 6.07) is 13.6. The van der Waals surface area contributed by atoms with Gasteiger partial charge in [-0.25, -0.2) is 4.39 Å². The lowest BCUT2D eigenvalue weighted by Gasteiger charge is -2.09. The number of hydrogen-bond donors (Lipinski definition) is 1. The number of carbonyl (C=O) groups is 1. The quantitative estimate of drug-likeness (QED) is 0.568. The van der Waals surface area contributed by atoms with Crippen molar-refractivity contribution in [3.8, 4) is 0 Å². The van der Waals surface area contributed by atoms with Crippen LogP contribution >= 0.6 is 23.4 Å². The molecule has 5 heteroatoms. The van der Waals surface area contributed by atoms with Gasteiger partial charge in [-0.15, -0.1) is 11.8 Å². The van der Waals surface area contributed by atoms with Crippen LogP contribution in [-0.4, -0.2) is 11.5 Å². The first-order valence-electron chi connectivity index (χ1n) is 6.76. The zero-order valence-corrected chi connectivity index (χ0v) is 13.5. The molecule has 2 nitrogen and oxygen atoms in total. The fourth-order valence-electron chi connectivity index (χ4n) is 1.78. The standard InChI is InChI=1S/C17H15ClFNOS/c1-2-22-17(20-13-6-4-3-5-7-13)11-16(21)12-8-9-15(19)14(18)10-12/h3-11,20H,2H2,1H3. The largest absolute Gasteiger partial charge is 0.350 e. The van der Waals surface area contributed by atoms with Crippen LogP contribution in [0.25, 0.3) is 0 Å². The SMILES string of the molecule is CCSC(=CC(=O)c1ccc(F)c(Cl)c1)Nc1ccccc1. The van der Waals surface area contributed by atoms with Crippen LogP contribution < -0.4 is 5.32 Å². The second-order valence-electron chi connectivity index (χ2n) is 4.43. The molecule has 0 saturated heterocycles. The van der Waals surface area contributed by atoms with Gasteiger partial charge in [0.15, 0.2) is 5.78 Å². The molecule has 0 atom stereocenters. The van der Waals surface area contributed by atoms with Crippen LogP contribution in [0.2, 0.25) is 5.02 Å². The van der Waals surface area contributed by atoms with Crippen molar-refractivity contribution in [1.82, 2.24) is 0 Å². The molecule has 0 radical (unpaired) electrons. The number of benzene rings is 2. The fraction of sp³-hybridized carbons (Fsp3) is 0.118. The van der Waals surface area contributed by atoms with E-state index in [4.69, 9.17) is 11.6 Å². The molecular formula is C17H15ClFNOS. The summed E-state index contributed by atoms with van der Waals surface area (Å²) in [5.74, 6) is 0.0670. The third kappa shape index (κ3) is 4.61. The Morgan fingerprint density at radius 1 is 1.27 bits per heavy atom. The third-order valence-corrected chi connectivity index (χ3v) is 3.92. The summed E-state index contributed by atoms with van der Waals surface area (Å²) in [6.45, 7) is 2.00. The van der Waals surface area contributed by atoms with Gasteiger partial charge in [0, 0.05) is 17.3 Å². The Balaban J connectivity index is 2.21. The van der Waals surface area contributed by atoms with Crippen LogP contribution in [0.15, 0.2) is 59.6 Å². The molecule has 0 aliphatic rings. The lowest BCUT2D eigenvalue weighted by Crippen LogP contribution is -2.02. The Morgan fingerprint density at radius 3 is 2.64 bits per heavy atom. The average molecular weight is 336 g/mol. The van der Waals surface area contributed by atoms with Gasteiger partial charge in [-0.1, -0.05) is 36.7 Å². The zero-order valence-electron chi connectivity index (χ0n) is 12.0. The van der Waals surface area contributed by atoms with E-state index in [1.807, 2.05) is 37.3 Å². The molecule has 0 fully saturated rings. The summed E-state index contributed by atoms with van der Waals surface area (Å²) in [5, 5.41) is 3.88. The Morgan fingerprint density at radius 2 is 2.00 bits per heavy atom. The normalized spacial score (nSPS) is 11.3. The smallest absolute Gasteiger partial charge is 0.188 e. The lowest BCUT2D eigenvalue weighted by atomic mass is 10.1. The highest BCUT2D eigenvalue weighted by molar-refractivity contribution is 8.03. The molecule has 0 aliphatic carbocycles. The maximum absolute atomic E-state index is 13.2. The van der Waals surface area contributed by atoms with E-state index < -0.39 is 5.82 Å². The molecule has 0 aromatic heterocycles. The van der Waals surface area contributed by atoms with Gasteiger partial charge in [0.05, 0.1) is 10.1 Å². The number of rotatable bonds is 6.